The number of rotatable bonds is 2. The predicted octanol–water partition coefficient (Wildman–Crippen LogP) is 3.25. The van der Waals surface area contributed by atoms with Gasteiger partial charge in [0.1, 0.15) is 10.6 Å². The molecule has 0 aliphatic carbocycles. The molecule has 1 heterocycles. The summed E-state index contributed by atoms with van der Waals surface area (Å²) in [4.78, 5) is 2.58. The van der Waals surface area contributed by atoms with E-state index in [9.17, 15) is 17.2 Å². The van der Waals surface area contributed by atoms with Gasteiger partial charge < -0.3 is 0 Å². The third-order valence-electron chi connectivity index (χ3n) is 1.42. The second-order valence-corrected chi connectivity index (χ2v) is 5.66. The fraction of sp³-hybridized carbons (Fsp3) is 0.167. The molecule has 84 valence electrons. The first kappa shape index (κ1) is 12.9. The molecule has 0 amide bonds. The summed E-state index contributed by atoms with van der Waals surface area (Å²) >= 11 is 10.9. The lowest BCUT2D eigenvalue weighted by molar-refractivity contribution is 0.146. The summed E-state index contributed by atoms with van der Waals surface area (Å²) in [5.41, 5.74) is -0.786. The van der Waals surface area contributed by atoms with E-state index in [4.69, 9.17) is 33.9 Å². The molecule has 3 nitrogen and oxygen atoms in total. The van der Waals surface area contributed by atoms with E-state index >= 15 is 0 Å². The molecule has 1 aromatic rings. The third-order valence-corrected chi connectivity index (χ3v) is 3.74. The monoisotopic (exact) mass is 295 g/mol. The van der Waals surface area contributed by atoms with Crippen LogP contribution in [-0.2, 0) is 9.05 Å². The molecule has 0 saturated heterocycles. The van der Waals surface area contributed by atoms with Gasteiger partial charge in [-0.1, -0.05) is 23.2 Å². The summed E-state index contributed by atoms with van der Waals surface area (Å²) in [6.07, 6.45) is -2.31. The van der Waals surface area contributed by atoms with Crippen LogP contribution in [0.1, 0.15) is 12.1 Å². The SMILES string of the molecule is O=S(=O)(Cl)c1cnc(C(F)F)c(Cl)c1Cl. The number of hydrogen-bond donors (Lipinski definition) is 0. The van der Waals surface area contributed by atoms with Crippen LogP contribution in [0.4, 0.5) is 8.78 Å². The van der Waals surface area contributed by atoms with E-state index in [-0.39, 0.29) is 0 Å². The van der Waals surface area contributed by atoms with E-state index in [1.165, 1.54) is 0 Å². The van der Waals surface area contributed by atoms with Gasteiger partial charge in [0.2, 0.25) is 0 Å². The van der Waals surface area contributed by atoms with Crippen LogP contribution in [-0.4, -0.2) is 13.4 Å². The van der Waals surface area contributed by atoms with E-state index in [1.807, 2.05) is 0 Å². The van der Waals surface area contributed by atoms with Crippen molar-refractivity contribution >= 4 is 42.9 Å². The lowest BCUT2D eigenvalue weighted by Crippen LogP contribution is -1.99. The smallest absolute Gasteiger partial charge is 0.252 e. The molecule has 0 fully saturated rings. The van der Waals surface area contributed by atoms with Gasteiger partial charge in [0.25, 0.3) is 15.5 Å². The number of pyridine rings is 1. The summed E-state index contributed by atoms with van der Waals surface area (Å²) in [7, 11) is 0.819. The fourth-order valence-corrected chi connectivity index (χ4v) is 2.49. The molecule has 0 unspecified atom stereocenters. The Labute approximate surface area is 98.4 Å². The van der Waals surface area contributed by atoms with Gasteiger partial charge in [-0.25, -0.2) is 17.2 Å². The summed E-state index contributed by atoms with van der Waals surface area (Å²) in [5, 5.41) is -1.18. The van der Waals surface area contributed by atoms with Crippen LogP contribution < -0.4 is 0 Å². The molecular formula is C6H2Cl3F2NO2S. The van der Waals surface area contributed by atoms with Crippen molar-refractivity contribution in [2.75, 3.05) is 0 Å². The molecular weight excluding hydrogens is 294 g/mol. The van der Waals surface area contributed by atoms with Gasteiger partial charge in [0, 0.05) is 16.9 Å². The van der Waals surface area contributed by atoms with Crippen LogP contribution in [0.3, 0.4) is 0 Å². The minimum Gasteiger partial charge on any atom is -0.252 e. The lowest BCUT2D eigenvalue weighted by Gasteiger charge is -2.06. The molecule has 0 bridgehead atoms. The topological polar surface area (TPSA) is 47.0 Å². The minimum absolute atomic E-state index is 0.558. The molecule has 0 N–H and O–H groups in total. The van der Waals surface area contributed by atoms with E-state index in [0.29, 0.717) is 6.20 Å². The van der Waals surface area contributed by atoms with Crippen molar-refractivity contribution in [3.05, 3.63) is 21.9 Å². The molecule has 9 heteroatoms. The van der Waals surface area contributed by atoms with E-state index in [0.717, 1.165) is 0 Å². The van der Waals surface area contributed by atoms with Crippen molar-refractivity contribution in [3.63, 3.8) is 0 Å². The molecule has 0 aliphatic heterocycles. The van der Waals surface area contributed by atoms with Crippen molar-refractivity contribution in [1.29, 1.82) is 0 Å². The van der Waals surface area contributed by atoms with Crippen molar-refractivity contribution in [1.82, 2.24) is 4.98 Å². The highest BCUT2D eigenvalue weighted by Gasteiger charge is 2.23. The van der Waals surface area contributed by atoms with E-state index < -0.39 is 36.1 Å². The highest BCUT2D eigenvalue weighted by atomic mass is 35.7. The van der Waals surface area contributed by atoms with Crippen LogP contribution in [0.5, 0.6) is 0 Å². The number of hydrogen-bond acceptors (Lipinski definition) is 3. The van der Waals surface area contributed by atoms with Crippen molar-refractivity contribution in [2.24, 2.45) is 0 Å². The fourth-order valence-electron chi connectivity index (χ4n) is 0.784. The van der Waals surface area contributed by atoms with Gasteiger partial charge in [0.15, 0.2) is 0 Å². The van der Waals surface area contributed by atoms with Crippen molar-refractivity contribution < 1.29 is 17.2 Å². The molecule has 0 aromatic carbocycles. The maximum atomic E-state index is 12.2. The van der Waals surface area contributed by atoms with Gasteiger partial charge in [-0.15, -0.1) is 0 Å². The average molecular weight is 297 g/mol. The summed E-state index contributed by atoms with van der Waals surface area (Å²) in [6, 6.07) is 0. The largest absolute Gasteiger partial charge is 0.281 e. The van der Waals surface area contributed by atoms with Crippen LogP contribution >= 0.6 is 33.9 Å². The third kappa shape index (κ3) is 2.69. The van der Waals surface area contributed by atoms with Gasteiger partial charge in [0.05, 0.1) is 10.0 Å². The Morgan fingerprint density at radius 1 is 1.27 bits per heavy atom. The maximum absolute atomic E-state index is 12.2. The molecule has 0 aliphatic rings. The van der Waals surface area contributed by atoms with Crippen LogP contribution in [0, 0.1) is 0 Å². The molecule has 0 spiro atoms. The number of nitrogens with zero attached hydrogens (tertiary/aromatic N) is 1. The minimum atomic E-state index is -4.15. The van der Waals surface area contributed by atoms with E-state index in [1.54, 1.807) is 0 Å². The summed E-state index contributed by atoms with van der Waals surface area (Å²) in [6.45, 7) is 0. The molecule has 1 rings (SSSR count). The molecule has 15 heavy (non-hydrogen) atoms. The zero-order valence-corrected chi connectivity index (χ0v) is 9.80. The van der Waals surface area contributed by atoms with Crippen LogP contribution in [0.25, 0.3) is 0 Å². The van der Waals surface area contributed by atoms with Crippen LogP contribution in [0.15, 0.2) is 11.1 Å². The lowest BCUT2D eigenvalue weighted by atomic mass is 10.3. The predicted molar refractivity (Wildman–Crippen MR) is 52.3 cm³/mol. The Kier molecular flexibility index (Phi) is 3.76. The summed E-state index contributed by atoms with van der Waals surface area (Å²) in [5.74, 6) is 0. The first-order chi connectivity index (χ1) is 6.75. The van der Waals surface area contributed by atoms with Crippen molar-refractivity contribution in [2.45, 2.75) is 11.3 Å². The highest BCUT2D eigenvalue weighted by Crippen LogP contribution is 2.35. The first-order valence-corrected chi connectivity index (χ1v) is 6.38. The Bertz CT molecular complexity index is 491. The summed E-state index contributed by atoms with van der Waals surface area (Å²) < 4.78 is 46.3. The zero-order chi connectivity index (χ0) is 11.8. The van der Waals surface area contributed by atoms with Gasteiger partial charge in [-0.05, 0) is 0 Å². The highest BCUT2D eigenvalue weighted by molar-refractivity contribution is 8.13. The Morgan fingerprint density at radius 2 is 1.80 bits per heavy atom. The Balaban J connectivity index is 3.48. The number of aromatic nitrogens is 1. The molecule has 0 atom stereocenters. The van der Waals surface area contributed by atoms with E-state index in [2.05, 4.69) is 4.98 Å². The second-order valence-electron chi connectivity index (χ2n) is 2.37. The Hall–Kier alpha value is -0.170. The quantitative estimate of drug-likeness (QED) is 0.787. The molecule has 0 saturated carbocycles. The van der Waals surface area contributed by atoms with Gasteiger partial charge >= 0.3 is 0 Å². The first-order valence-electron chi connectivity index (χ1n) is 3.32. The molecule has 1 aromatic heterocycles. The standard InChI is InChI=1S/C6H2Cl3F2NO2S/c7-3-2(15(9,13)14)1-12-5(4(3)8)6(10)11/h1,6H. The van der Waals surface area contributed by atoms with Gasteiger partial charge in [-0.2, -0.15) is 0 Å². The van der Waals surface area contributed by atoms with Gasteiger partial charge in [-0.3, -0.25) is 4.98 Å². The number of alkyl halides is 2. The maximum Gasteiger partial charge on any atom is 0.281 e. The average Bonchev–Trinajstić information content (AvgIpc) is 2.06. The zero-order valence-electron chi connectivity index (χ0n) is 6.72. The molecule has 0 radical (unpaired) electrons. The number of halogens is 5. The Morgan fingerprint density at radius 3 is 2.20 bits per heavy atom. The second kappa shape index (κ2) is 4.37. The van der Waals surface area contributed by atoms with Crippen LogP contribution in [0.2, 0.25) is 10.0 Å². The normalized spacial score (nSPS) is 12.1. The van der Waals surface area contributed by atoms with Crippen molar-refractivity contribution in [3.8, 4) is 0 Å².